The van der Waals surface area contributed by atoms with Gasteiger partial charge in [-0.3, -0.25) is 10.1 Å². The van der Waals surface area contributed by atoms with Gasteiger partial charge in [-0.15, -0.1) is 0 Å². The lowest BCUT2D eigenvalue weighted by atomic mass is 10.1. The molecule has 1 N–H and O–H groups in total. The second-order valence-electron chi connectivity index (χ2n) is 6.28. The van der Waals surface area contributed by atoms with Gasteiger partial charge in [-0.25, -0.2) is 4.39 Å². The Labute approximate surface area is 119 Å². The largest absolute Gasteiger partial charge is 0.321 e. The van der Waals surface area contributed by atoms with Gasteiger partial charge in [-0.05, 0) is 42.4 Å². The van der Waals surface area contributed by atoms with E-state index >= 15 is 0 Å². The van der Waals surface area contributed by atoms with Crippen LogP contribution >= 0.6 is 0 Å². The number of hydrogen-bond donors (Lipinski definition) is 1. The zero-order chi connectivity index (χ0) is 14.3. The van der Waals surface area contributed by atoms with Gasteiger partial charge in [0.2, 0.25) is 5.91 Å². The van der Waals surface area contributed by atoms with Crippen molar-refractivity contribution in [2.75, 3.05) is 6.54 Å². The quantitative estimate of drug-likeness (QED) is 0.917. The molecule has 1 heterocycles. The van der Waals surface area contributed by atoms with Gasteiger partial charge in [0.1, 0.15) is 12.0 Å². The highest BCUT2D eigenvalue weighted by Gasteiger charge is 2.42. The maximum atomic E-state index is 13.4. The summed E-state index contributed by atoms with van der Waals surface area (Å²) in [7, 11) is 0. The number of halogens is 1. The van der Waals surface area contributed by atoms with E-state index in [0.29, 0.717) is 5.92 Å². The summed E-state index contributed by atoms with van der Waals surface area (Å²) in [5.41, 5.74) is 0.835. The number of carbonyl (C=O) groups excluding carboxylic acids is 1. The van der Waals surface area contributed by atoms with Crippen molar-refractivity contribution in [2.45, 2.75) is 38.9 Å². The number of nitrogens with zero attached hydrogens (tertiary/aromatic N) is 1. The van der Waals surface area contributed by atoms with Crippen LogP contribution in [-0.4, -0.2) is 23.4 Å². The van der Waals surface area contributed by atoms with Crippen molar-refractivity contribution in [3.05, 3.63) is 35.6 Å². The predicted octanol–water partition coefficient (Wildman–Crippen LogP) is 2.69. The Balaban J connectivity index is 1.87. The van der Waals surface area contributed by atoms with Crippen molar-refractivity contribution >= 4 is 5.91 Å². The molecule has 0 bridgehead atoms. The number of carbonyl (C=O) groups is 1. The minimum absolute atomic E-state index is 0.154. The molecule has 0 radical (unpaired) electrons. The number of benzene rings is 1. The fourth-order valence-corrected chi connectivity index (χ4v) is 2.84. The molecule has 2 atom stereocenters. The van der Waals surface area contributed by atoms with Crippen LogP contribution in [0.15, 0.2) is 24.3 Å². The Morgan fingerprint density at radius 2 is 2.15 bits per heavy atom. The molecule has 1 amide bonds. The van der Waals surface area contributed by atoms with Crippen molar-refractivity contribution in [1.82, 2.24) is 10.2 Å². The maximum absolute atomic E-state index is 13.4. The second-order valence-corrected chi connectivity index (χ2v) is 6.28. The zero-order valence-electron chi connectivity index (χ0n) is 12.0. The Kier molecular flexibility index (Phi) is 3.50. The predicted molar refractivity (Wildman–Crippen MR) is 75.3 cm³/mol. The van der Waals surface area contributed by atoms with E-state index in [1.165, 1.54) is 25.0 Å². The Bertz CT molecular complexity index is 513. The third kappa shape index (κ3) is 2.57. The molecule has 2 aliphatic rings. The summed E-state index contributed by atoms with van der Waals surface area (Å²) in [5.74, 6) is 0.766. The van der Waals surface area contributed by atoms with E-state index in [0.717, 1.165) is 12.1 Å². The van der Waals surface area contributed by atoms with Gasteiger partial charge in [0, 0.05) is 6.54 Å². The first-order valence-electron chi connectivity index (χ1n) is 7.38. The van der Waals surface area contributed by atoms with Crippen LogP contribution in [0.1, 0.15) is 38.4 Å². The highest BCUT2D eigenvalue weighted by Crippen LogP contribution is 2.35. The first kappa shape index (κ1) is 13.6. The highest BCUT2D eigenvalue weighted by molar-refractivity contribution is 5.84. The van der Waals surface area contributed by atoms with Crippen molar-refractivity contribution in [2.24, 2.45) is 11.8 Å². The zero-order valence-corrected chi connectivity index (χ0v) is 12.0. The molecule has 108 valence electrons. The summed E-state index contributed by atoms with van der Waals surface area (Å²) in [6.07, 6.45) is 2.21. The van der Waals surface area contributed by atoms with Gasteiger partial charge in [0.15, 0.2) is 0 Å². The minimum atomic E-state index is -0.254. The lowest BCUT2D eigenvalue weighted by molar-refractivity contribution is -0.131. The molecule has 3 rings (SSSR count). The molecule has 1 aliphatic heterocycles. The fourth-order valence-electron chi connectivity index (χ4n) is 2.84. The van der Waals surface area contributed by atoms with Crippen molar-refractivity contribution in [3.8, 4) is 0 Å². The van der Waals surface area contributed by atoms with E-state index in [1.54, 1.807) is 6.07 Å². The molecule has 1 aliphatic carbocycles. The average Bonchev–Trinajstić information content (AvgIpc) is 3.15. The number of amides is 1. The minimum Gasteiger partial charge on any atom is -0.321 e. The summed E-state index contributed by atoms with van der Waals surface area (Å²) < 4.78 is 13.4. The summed E-state index contributed by atoms with van der Waals surface area (Å²) >= 11 is 0. The summed E-state index contributed by atoms with van der Waals surface area (Å²) in [6.45, 7) is 4.87. The van der Waals surface area contributed by atoms with Crippen LogP contribution < -0.4 is 5.32 Å². The molecule has 1 aromatic carbocycles. The molecular weight excluding hydrogens is 255 g/mol. The number of rotatable bonds is 4. The van der Waals surface area contributed by atoms with E-state index in [9.17, 15) is 9.18 Å². The first-order valence-corrected chi connectivity index (χ1v) is 7.38. The van der Waals surface area contributed by atoms with E-state index in [2.05, 4.69) is 5.32 Å². The third-order valence-corrected chi connectivity index (χ3v) is 4.18. The molecule has 3 nitrogen and oxygen atoms in total. The first-order chi connectivity index (χ1) is 9.56. The molecule has 4 heteroatoms. The van der Waals surface area contributed by atoms with Crippen LogP contribution in [0.3, 0.4) is 0 Å². The van der Waals surface area contributed by atoms with Gasteiger partial charge >= 0.3 is 0 Å². The third-order valence-electron chi connectivity index (χ3n) is 4.18. The summed E-state index contributed by atoms with van der Waals surface area (Å²) in [6, 6.07) is 6.38. The molecule has 20 heavy (non-hydrogen) atoms. The average molecular weight is 276 g/mol. The monoisotopic (exact) mass is 276 g/mol. The molecule has 1 saturated heterocycles. The van der Waals surface area contributed by atoms with Crippen molar-refractivity contribution in [1.29, 1.82) is 0 Å². The fraction of sp³-hybridized carbons (Fsp3) is 0.562. The Morgan fingerprint density at radius 1 is 1.40 bits per heavy atom. The number of hydrogen-bond acceptors (Lipinski definition) is 2. The van der Waals surface area contributed by atoms with Crippen LogP contribution in [-0.2, 0) is 4.79 Å². The standard InChI is InChI=1S/C16H21FN2O/c1-10(2)14-16(20)19(9-11-6-7-11)15(18-14)12-4-3-5-13(17)8-12/h3-5,8,10-11,14-15,18H,6-7,9H2,1-2H3. The van der Waals surface area contributed by atoms with Crippen LogP contribution in [0.2, 0.25) is 0 Å². The Morgan fingerprint density at radius 3 is 2.75 bits per heavy atom. The molecule has 1 aromatic rings. The normalized spacial score (nSPS) is 26.6. The number of nitrogens with one attached hydrogen (secondary N) is 1. The molecular formula is C16H21FN2O. The lowest BCUT2D eigenvalue weighted by Gasteiger charge is -2.24. The topological polar surface area (TPSA) is 32.3 Å². The van der Waals surface area contributed by atoms with Crippen molar-refractivity contribution in [3.63, 3.8) is 0 Å². The molecule has 1 saturated carbocycles. The molecule has 2 fully saturated rings. The maximum Gasteiger partial charge on any atom is 0.241 e. The second kappa shape index (κ2) is 5.17. The van der Waals surface area contributed by atoms with E-state index in [-0.39, 0.29) is 29.8 Å². The van der Waals surface area contributed by atoms with Gasteiger partial charge in [-0.1, -0.05) is 26.0 Å². The van der Waals surface area contributed by atoms with Gasteiger partial charge in [0.05, 0.1) is 6.04 Å². The van der Waals surface area contributed by atoms with Crippen LogP contribution in [0.5, 0.6) is 0 Å². The van der Waals surface area contributed by atoms with Crippen LogP contribution in [0.25, 0.3) is 0 Å². The van der Waals surface area contributed by atoms with Gasteiger partial charge in [0.25, 0.3) is 0 Å². The van der Waals surface area contributed by atoms with E-state index in [4.69, 9.17) is 0 Å². The molecule has 0 spiro atoms. The Hall–Kier alpha value is -1.42. The van der Waals surface area contributed by atoms with Crippen LogP contribution in [0, 0.1) is 17.7 Å². The smallest absolute Gasteiger partial charge is 0.241 e. The van der Waals surface area contributed by atoms with Crippen LogP contribution in [0.4, 0.5) is 4.39 Å². The lowest BCUT2D eigenvalue weighted by Crippen LogP contribution is -2.35. The summed E-state index contributed by atoms with van der Waals surface area (Å²) in [5, 5.41) is 3.38. The van der Waals surface area contributed by atoms with Gasteiger partial charge in [-0.2, -0.15) is 0 Å². The molecule has 2 unspecified atom stereocenters. The van der Waals surface area contributed by atoms with Crippen molar-refractivity contribution < 1.29 is 9.18 Å². The van der Waals surface area contributed by atoms with Gasteiger partial charge < -0.3 is 4.90 Å². The SMILES string of the molecule is CC(C)C1NC(c2cccc(F)c2)N(CC2CC2)C1=O. The van der Waals surface area contributed by atoms with E-state index < -0.39 is 0 Å². The highest BCUT2D eigenvalue weighted by atomic mass is 19.1. The molecule has 0 aromatic heterocycles. The van der Waals surface area contributed by atoms with E-state index in [1.807, 2.05) is 24.8 Å². The summed E-state index contributed by atoms with van der Waals surface area (Å²) in [4.78, 5) is 14.4.